The summed E-state index contributed by atoms with van der Waals surface area (Å²) >= 11 is 2.85. The second-order valence-corrected chi connectivity index (χ2v) is 9.28. The van der Waals surface area contributed by atoms with Crippen molar-refractivity contribution in [2.75, 3.05) is 16.0 Å². The molecule has 1 aliphatic rings. The molecular weight excluding hydrogens is 428 g/mol. The Bertz CT molecular complexity index is 1140. The number of nitrogens with one attached hydrogen (secondary N) is 1. The van der Waals surface area contributed by atoms with Crippen LogP contribution in [0.4, 0.5) is 16.5 Å². The molecule has 6 nitrogen and oxygen atoms in total. The molecule has 1 aliphatic heterocycles. The van der Waals surface area contributed by atoms with Gasteiger partial charge in [0.25, 0.3) is 0 Å². The lowest BCUT2D eigenvalue weighted by Crippen LogP contribution is -2.28. The van der Waals surface area contributed by atoms with E-state index in [9.17, 15) is 4.79 Å². The van der Waals surface area contributed by atoms with Crippen LogP contribution in [-0.4, -0.2) is 21.9 Å². The maximum Gasteiger partial charge on any atom is 0.242 e. The number of benzene rings is 2. The zero-order chi connectivity index (χ0) is 21.0. The monoisotopic (exact) mass is 448 g/mol. The minimum absolute atomic E-state index is 0.0343. The van der Waals surface area contributed by atoms with Gasteiger partial charge in [0.05, 0.1) is 29.9 Å². The summed E-state index contributed by atoms with van der Waals surface area (Å²) < 4.78 is 6.07. The minimum Gasteiger partial charge on any atom is -0.467 e. The van der Waals surface area contributed by atoms with Crippen molar-refractivity contribution >= 4 is 45.5 Å². The molecular formula is C23H20N4O2S2. The Kier molecular flexibility index (Phi) is 5.73. The predicted octanol–water partition coefficient (Wildman–Crippen LogP) is 5.30. The number of anilines is 3. The number of furan rings is 1. The summed E-state index contributed by atoms with van der Waals surface area (Å²) in [5.74, 6) is 1.15. The zero-order valence-electron chi connectivity index (χ0n) is 16.7. The van der Waals surface area contributed by atoms with Gasteiger partial charge in [-0.15, -0.1) is 10.2 Å². The van der Waals surface area contributed by atoms with Crippen LogP contribution >= 0.6 is 23.1 Å². The van der Waals surface area contributed by atoms with Gasteiger partial charge in [-0.2, -0.15) is 0 Å². The largest absolute Gasteiger partial charge is 0.467 e. The van der Waals surface area contributed by atoms with E-state index in [1.807, 2.05) is 53.4 Å². The fourth-order valence-corrected chi connectivity index (χ4v) is 5.25. The van der Waals surface area contributed by atoms with Gasteiger partial charge in [0.2, 0.25) is 11.0 Å². The van der Waals surface area contributed by atoms with Crippen LogP contribution in [0.5, 0.6) is 0 Å². The van der Waals surface area contributed by atoms with Gasteiger partial charge in [0.15, 0.2) is 4.34 Å². The third-order valence-electron chi connectivity index (χ3n) is 5.10. The highest BCUT2D eigenvalue weighted by molar-refractivity contribution is 8.01. The third kappa shape index (κ3) is 4.35. The van der Waals surface area contributed by atoms with Gasteiger partial charge in [-0.05, 0) is 48.2 Å². The van der Waals surface area contributed by atoms with Crippen LogP contribution in [0.25, 0.3) is 0 Å². The Balaban J connectivity index is 1.31. The summed E-state index contributed by atoms with van der Waals surface area (Å²) in [6.45, 7) is 0.548. The van der Waals surface area contributed by atoms with Gasteiger partial charge in [0, 0.05) is 0 Å². The Morgan fingerprint density at radius 2 is 1.71 bits per heavy atom. The summed E-state index contributed by atoms with van der Waals surface area (Å²) in [6, 6.07) is 20.1. The lowest BCUT2D eigenvalue weighted by molar-refractivity contribution is -0.115. The molecule has 0 spiro atoms. The maximum atomic E-state index is 13.4. The second-order valence-electron chi connectivity index (χ2n) is 7.08. The van der Waals surface area contributed by atoms with E-state index in [0.29, 0.717) is 11.7 Å². The Hall–Kier alpha value is -3.10. The van der Waals surface area contributed by atoms with E-state index < -0.39 is 0 Å². The number of rotatable bonds is 6. The highest BCUT2D eigenvalue weighted by Gasteiger charge is 2.25. The third-order valence-corrected chi connectivity index (χ3v) is 7.10. The SMILES string of the molecule is O=C(CSc1nnc(NCc2ccco2)s1)N1c2ccccc2CCc2ccccc21. The first-order valence-electron chi connectivity index (χ1n) is 9.99. The smallest absolute Gasteiger partial charge is 0.242 e. The van der Waals surface area contributed by atoms with Gasteiger partial charge in [0.1, 0.15) is 5.76 Å². The van der Waals surface area contributed by atoms with Crippen LogP contribution in [0.15, 0.2) is 75.7 Å². The van der Waals surface area contributed by atoms with Crippen molar-refractivity contribution in [2.45, 2.75) is 23.7 Å². The molecule has 4 aromatic rings. The van der Waals surface area contributed by atoms with E-state index in [4.69, 9.17) is 4.42 Å². The Morgan fingerprint density at radius 1 is 1.00 bits per heavy atom. The Labute approximate surface area is 188 Å². The normalized spacial score (nSPS) is 12.7. The van der Waals surface area contributed by atoms with Gasteiger partial charge in [-0.3, -0.25) is 9.69 Å². The van der Waals surface area contributed by atoms with Crippen LogP contribution < -0.4 is 10.2 Å². The summed E-state index contributed by atoms with van der Waals surface area (Å²) in [6.07, 6.45) is 3.49. The molecule has 0 radical (unpaired) electrons. The summed E-state index contributed by atoms with van der Waals surface area (Å²) in [4.78, 5) is 15.2. The molecule has 8 heteroatoms. The van der Waals surface area contributed by atoms with Gasteiger partial charge in [-0.25, -0.2) is 0 Å². The molecule has 0 saturated heterocycles. The van der Waals surface area contributed by atoms with Crippen LogP contribution in [0.3, 0.4) is 0 Å². The fraction of sp³-hybridized carbons (Fsp3) is 0.174. The molecule has 156 valence electrons. The molecule has 0 fully saturated rings. The van der Waals surface area contributed by atoms with Crippen LogP contribution in [0.2, 0.25) is 0 Å². The highest BCUT2D eigenvalue weighted by atomic mass is 32.2. The van der Waals surface area contributed by atoms with Crippen LogP contribution in [0.1, 0.15) is 16.9 Å². The predicted molar refractivity (Wildman–Crippen MR) is 124 cm³/mol. The number of hydrogen-bond acceptors (Lipinski definition) is 7. The van der Waals surface area contributed by atoms with E-state index >= 15 is 0 Å². The molecule has 0 bridgehead atoms. The van der Waals surface area contributed by atoms with Crippen molar-refractivity contribution in [1.29, 1.82) is 0 Å². The quantitative estimate of drug-likeness (QED) is 0.404. The van der Waals surface area contributed by atoms with Gasteiger partial charge < -0.3 is 9.73 Å². The van der Waals surface area contributed by atoms with Crippen molar-refractivity contribution in [1.82, 2.24) is 10.2 Å². The van der Waals surface area contributed by atoms with Crippen molar-refractivity contribution in [3.8, 4) is 0 Å². The lowest BCUT2D eigenvalue weighted by atomic mass is 10.0. The number of thioether (sulfide) groups is 1. The number of aryl methyl sites for hydroxylation is 2. The summed E-state index contributed by atoms with van der Waals surface area (Å²) in [5.41, 5.74) is 4.32. The molecule has 2 aromatic carbocycles. The molecule has 2 aromatic heterocycles. The highest BCUT2D eigenvalue weighted by Crippen LogP contribution is 2.37. The molecule has 0 aliphatic carbocycles. The van der Waals surface area contributed by atoms with E-state index in [1.54, 1.807) is 6.26 Å². The molecule has 0 unspecified atom stereocenters. The number of hydrogen-bond donors (Lipinski definition) is 1. The fourth-order valence-electron chi connectivity index (χ4n) is 3.65. The van der Waals surface area contributed by atoms with Crippen molar-refractivity contribution < 1.29 is 9.21 Å². The molecule has 3 heterocycles. The van der Waals surface area contributed by atoms with Crippen molar-refractivity contribution in [2.24, 2.45) is 0 Å². The number of aromatic nitrogens is 2. The number of fused-ring (bicyclic) bond motifs is 2. The summed E-state index contributed by atoms with van der Waals surface area (Å²) in [7, 11) is 0. The van der Waals surface area contributed by atoms with Gasteiger partial charge >= 0.3 is 0 Å². The maximum absolute atomic E-state index is 13.4. The zero-order valence-corrected chi connectivity index (χ0v) is 18.3. The summed E-state index contributed by atoms with van der Waals surface area (Å²) in [5, 5.41) is 12.3. The number of carbonyl (C=O) groups is 1. The molecule has 31 heavy (non-hydrogen) atoms. The van der Waals surface area contributed by atoms with E-state index in [0.717, 1.165) is 34.3 Å². The lowest BCUT2D eigenvalue weighted by Gasteiger charge is -2.24. The second kappa shape index (κ2) is 8.95. The molecule has 0 atom stereocenters. The van der Waals surface area contributed by atoms with Gasteiger partial charge in [-0.1, -0.05) is 59.5 Å². The van der Waals surface area contributed by atoms with Crippen molar-refractivity contribution in [3.05, 3.63) is 83.8 Å². The number of nitrogens with zero attached hydrogens (tertiary/aromatic N) is 3. The standard InChI is InChI=1S/C23H20N4O2S2/c28-21(15-30-23-26-25-22(31-23)24-14-18-8-5-13-29-18)27-19-9-3-1-6-16(19)11-12-17-7-2-4-10-20(17)27/h1-10,13H,11-12,14-15H2,(H,24,25). The van der Waals surface area contributed by atoms with E-state index in [-0.39, 0.29) is 11.7 Å². The Morgan fingerprint density at radius 3 is 2.39 bits per heavy atom. The van der Waals surface area contributed by atoms with Crippen LogP contribution in [-0.2, 0) is 24.2 Å². The van der Waals surface area contributed by atoms with E-state index in [2.05, 4.69) is 27.6 Å². The average Bonchev–Trinajstić information content (AvgIpc) is 3.45. The van der Waals surface area contributed by atoms with Crippen LogP contribution in [0, 0.1) is 0 Å². The van der Waals surface area contributed by atoms with E-state index in [1.165, 1.54) is 34.2 Å². The number of amides is 1. The first kappa shape index (κ1) is 19.8. The number of para-hydroxylation sites is 2. The van der Waals surface area contributed by atoms with Crippen molar-refractivity contribution in [3.63, 3.8) is 0 Å². The molecule has 1 N–H and O–H groups in total. The molecule has 5 rings (SSSR count). The minimum atomic E-state index is 0.0343. The first-order chi connectivity index (χ1) is 15.3. The molecule has 0 saturated carbocycles. The average molecular weight is 449 g/mol. The first-order valence-corrected chi connectivity index (χ1v) is 11.8. The topological polar surface area (TPSA) is 71.3 Å². The number of carbonyl (C=O) groups excluding carboxylic acids is 1. The molecule has 1 amide bonds.